The van der Waals surface area contributed by atoms with Crippen LogP contribution in [0, 0.1) is 29.9 Å². The van der Waals surface area contributed by atoms with Crippen molar-refractivity contribution in [2.75, 3.05) is 19.6 Å². The molecule has 1 unspecified atom stereocenters. The Balaban J connectivity index is 1.69. The predicted molar refractivity (Wildman–Crippen MR) is 137 cm³/mol. The smallest absolute Gasteiger partial charge is 0.333 e. The lowest BCUT2D eigenvalue weighted by Gasteiger charge is -2.55. The zero-order valence-corrected chi connectivity index (χ0v) is 21.4. The minimum absolute atomic E-state index is 0.00334. The van der Waals surface area contributed by atoms with Crippen molar-refractivity contribution < 1.29 is 23.2 Å². The second kappa shape index (κ2) is 11.6. The van der Waals surface area contributed by atoms with E-state index in [-0.39, 0.29) is 56.0 Å². The number of carbonyl (C=O) groups is 3. The van der Waals surface area contributed by atoms with Crippen LogP contribution in [0.15, 0.2) is 48.5 Å². The van der Waals surface area contributed by atoms with E-state index in [1.165, 1.54) is 25.9 Å². The first-order valence-corrected chi connectivity index (χ1v) is 12.6. The minimum atomic E-state index is -0.861. The highest BCUT2D eigenvalue weighted by atomic mass is 19.1. The molecule has 200 valence electrons. The Bertz CT molecular complexity index is 1230. The van der Waals surface area contributed by atoms with Crippen LogP contribution in [0.3, 0.4) is 0 Å². The number of hydrogen-bond acceptors (Lipinski definition) is 4. The van der Waals surface area contributed by atoms with Crippen molar-refractivity contribution in [1.82, 2.24) is 25.1 Å². The van der Waals surface area contributed by atoms with Gasteiger partial charge in [0, 0.05) is 24.7 Å². The van der Waals surface area contributed by atoms with Crippen molar-refractivity contribution in [2.24, 2.45) is 5.92 Å². The van der Waals surface area contributed by atoms with Crippen molar-refractivity contribution in [3.63, 3.8) is 0 Å². The lowest BCUT2D eigenvalue weighted by Crippen LogP contribution is -2.77. The van der Waals surface area contributed by atoms with Crippen molar-refractivity contribution >= 4 is 17.8 Å². The number of piperazine rings is 1. The fourth-order valence-electron chi connectivity index (χ4n) is 4.98. The highest BCUT2D eigenvalue weighted by Gasteiger charge is 2.52. The molecular formula is C28H31F2N5O3. The van der Waals surface area contributed by atoms with Gasteiger partial charge >= 0.3 is 6.03 Å². The van der Waals surface area contributed by atoms with Crippen molar-refractivity contribution in [2.45, 2.75) is 45.6 Å². The monoisotopic (exact) mass is 523 g/mol. The fraction of sp³-hybridized carbons (Fsp3) is 0.393. The van der Waals surface area contributed by atoms with Gasteiger partial charge in [0.1, 0.15) is 23.8 Å². The van der Waals surface area contributed by atoms with Crippen LogP contribution in [0.25, 0.3) is 0 Å². The summed E-state index contributed by atoms with van der Waals surface area (Å²) < 4.78 is 28.0. The second-order valence-electron chi connectivity index (χ2n) is 9.58. The molecule has 2 saturated heterocycles. The molecule has 2 aliphatic heterocycles. The third-order valence-corrected chi connectivity index (χ3v) is 7.09. The summed E-state index contributed by atoms with van der Waals surface area (Å²) in [6.07, 6.45) is 5.30. The van der Waals surface area contributed by atoms with Gasteiger partial charge in [0.2, 0.25) is 11.8 Å². The lowest BCUT2D eigenvalue weighted by molar-refractivity contribution is -0.192. The van der Waals surface area contributed by atoms with E-state index >= 15 is 0 Å². The van der Waals surface area contributed by atoms with Gasteiger partial charge in [-0.2, -0.15) is 5.01 Å². The van der Waals surface area contributed by atoms with Gasteiger partial charge in [-0.25, -0.2) is 18.6 Å². The van der Waals surface area contributed by atoms with Crippen LogP contribution >= 0.6 is 0 Å². The van der Waals surface area contributed by atoms with Gasteiger partial charge in [-0.05, 0) is 17.5 Å². The maximum Gasteiger partial charge on any atom is 0.334 e. The Hall–Kier alpha value is -3.97. The molecule has 0 aromatic heterocycles. The van der Waals surface area contributed by atoms with E-state index in [9.17, 15) is 23.2 Å². The average molecular weight is 524 g/mol. The number of urea groups is 1. The maximum absolute atomic E-state index is 14.5. The number of nitrogens with one attached hydrogen (secondary N) is 1. The highest BCUT2D eigenvalue weighted by molar-refractivity contribution is 5.91. The molecular weight excluding hydrogens is 492 g/mol. The van der Waals surface area contributed by atoms with Crippen LogP contribution in [-0.4, -0.2) is 69.5 Å². The molecule has 0 aliphatic carbocycles. The Morgan fingerprint density at radius 2 is 1.92 bits per heavy atom. The molecule has 0 radical (unpaired) electrons. The third-order valence-electron chi connectivity index (χ3n) is 7.09. The third kappa shape index (κ3) is 5.48. The first kappa shape index (κ1) is 27.1. The maximum atomic E-state index is 14.5. The van der Waals surface area contributed by atoms with Gasteiger partial charge in [-0.15, -0.1) is 6.42 Å². The van der Waals surface area contributed by atoms with Crippen LogP contribution in [-0.2, 0) is 22.7 Å². The molecule has 0 spiro atoms. The normalized spacial score (nSPS) is 20.7. The van der Waals surface area contributed by atoms with Crippen molar-refractivity contribution in [1.29, 1.82) is 0 Å². The lowest BCUT2D eigenvalue weighted by atomic mass is 9.92. The van der Waals surface area contributed by atoms with Crippen molar-refractivity contribution in [3.8, 4) is 12.3 Å². The van der Waals surface area contributed by atoms with E-state index in [2.05, 4.69) is 11.2 Å². The summed E-state index contributed by atoms with van der Waals surface area (Å²) in [5.41, 5.74) is 1.03. The summed E-state index contributed by atoms with van der Waals surface area (Å²) >= 11 is 0. The Morgan fingerprint density at radius 1 is 1.18 bits per heavy atom. The molecule has 8 nitrogen and oxygen atoms in total. The molecule has 2 heterocycles. The summed E-state index contributed by atoms with van der Waals surface area (Å²) in [5.74, 6) is 0.113. The Labute approximate surface area is 221 Å². The molecule has 2 aliphatic rings. The molecule has 3 atom stereocenters. The number of terminal acetylenes is 1. The first-order valence-electron chi connectivity index (χ1n) is 12.6. The van der Waals surface area contributed by atoms with Crippen molar-refractivity contribution in [3.05, 3.63) is 71.3 Å². The fourth-order valence-corrected chi connectivity index (χ4v) is 4.98. The molecule has 2 aromatic carbocycles. The number of carbonyl (C=O) groups excluding carboxylic acids is 3. The van der Waals surface area contributed by atoms with E-state index < -0.39 is 29.9 Å². The molecule has 4 amide bonds. The summed E-state index contributed by atoms with van der Waals surface area (Å²) in [7, 11) is 0. The quantitative estimate of drug-likeness (QED) is 0.567. The SMILES string of the molecule is C#CCN1CC(=O)N2[C@@H](C(C)CC)C(=O)N(Cc3ccc(F)cc3F)C[C@@H]2N1C(=O)NCc1ccccc1. The number of amides is 4. The van der Waals surface area contributed by atoms with Crippen LogP contribution < -0.4 is 5.32 Å². The summed E-state index contributed by atoms with van der Waals surface area (Å²) in [6.45, 7) is 3.67. The van der Waals surface area contributed by atoms with Gasteiger partial charge in [0.05, 0.1) is 19.6 Å². The number of benzene rings is 2. The molecule has 2 fully saturated rings. The average Bonchev–Trinajstić information content (AvgIpc) is 2.90. The Kier molecular flexibility index (Phi) is 8.27. The van der Waals surface area contributed by atoms with E-state index in [1.807, 2.05) is 44.2 Å². The zero-order valence-electron chi connectivity index (χ0n) is 21.4. The van der Waals surface area contributed by atoms with E-state index in [0.29, 0.717) is 6.42 Å². The molecule has 2 aromatic rings. The van der Waals surface area contributed by atoms with E-state index in [4.69, 9.17) is 6.42 Å². The molecule has 4 rings (SSSR count). The van der Waals surface area contributed by atoms with Crippen LogP contribution in [0.4, 0.5) is 13.6 Å². The van der Waals surface area contributed by atoms with Crippen LogP contribution in [0.2, 0.25) is 0 Å². The number of hydrazine groups is 1. The Morgan fingerprint density at radius 3 is 2.58 bits per heavy atom. The number of fused-ring (bicyclic) bond motifs is 1. The molecule has 38 heavy (non-hydrogen) atoms. The molecule has 10 heteroatoms. The number of halogens is 2. The van der Waals surface area contributed by atoms with Gasteiger partial charge in [-0.3, -0.25) is 9.59 Å². The minimum Gasteiger partial charge on any atom is -0.333 e. The number of hydrogen-bond donors (Lipinski definition) is 1. The summed E-state index contributed by atoms with van der Waals surface area (Å²) in [4.78, 5) is 43.5. The molecule has 0 bridgehead atoms. The van der Waals surface area contributed by atoms with E-state index in [1.54, 1.807) is 0 Å². The number of nitrogens with zero attached hydrogens (tertiary/aromatic N) is 4. The zero-order chi connectivity index (χ0) is 27.4. The predicted octanol–water partition coefficient (Wildman–Crippen LogP) is 2.95. The number of rotatable bonds is 7. The van der Waals surface area contributed by atoms with Gasteiger partial charge in [0.25, 0.3) is 0 Å². The van der Waals surface area contributed by atoms with E-state index in [0.717, 1.165) is 17.7 Å². The summed E-state index contributed by atoms with van der Waals surface area (Å²) in [6, 6.07) is 11.2. The van der Waals surface area contributed by atoms with Crippen LogP contribution in [0.5, 0.6) is 0 Å². The highest BCUT2D eigenvalue weighted by Crippen LogP contribution is 2.31. The topological polar surface area (TPSA) is 76.2 Å². The summed E-state index contributed by atoms with van der Waals surface area (Å²) in [5, 5.41) is 5.78. The van der Waals surface area contributed by atoms with Gasteiger partial charge < -0.3 is 15.1 Å². The standard InChI is InChI=1S/C28H31F2N5O3/c1-4-13-33-18-25(36)34-24(35(33)28(38)31-15-20-9-7-6-8-10-20)17-32(27(37)26(34)19(3)5-2)16-21-11-12-22(29)14-23(21)30/h1,6-12,14,19,24,26H,5,13,15-18H2,2-3H3,(H,31,38)/t19?,24-,26-/m0/s1. The van der Waals surface area contributed by atoms with Gasteiger partial charge in [0.15, 0.2) is 0 Å². The van der Waals surface area contributed by atoms with Gasteiger partial charge in [-0.1, -0.05) is 62.6 Å². The largest absolute Gasteiger partial charge is 0.334 e. The van der Waals surface area contributed by atoms with Crippen LogP contribution in [0.1, 0.15) is 31.4 Å². The molecule has 0 saturated carbocycles. The molecule has 1 N–H and O–H groups in total. The first-order chi connectivity index (χ1) is 18.2. The second-order valence-corrected chi connectivity index (χ2v) is 9.58.